The van der Waals surface area contributed by atoms with Crippen molar-refractivity contribution in [3.8, 4) is 0 Å². The third-order valence-corrected chi connectivity index (χ3v) is 5.08. The Labute approximate surface area is 146 Å². The van der Waals surface area contributed by atoms with Gasteiger partial charge in [-0.3, -0.25) is 0 Å². The van der Waals surface area contributed by atoms with E-state index >= 15 is 0 Å². The number of fused-ring (bicyclic) bond motifs is 1. The average Bonchev–Trinajstić information content (AvgIpc) is 2.98. The number of aryl methyl sites for hydroxylation is 1. The quantitative estimate of drug-likeness (QED) is 0.660. The number of nitrogens with zero attached hydrogens (tertiary/aromatic N) is 4. The molecule has 0 saturated heterocycles. The van der Waals surface area contributed by atoms with Crippen molar-refractivity contribution in [2.24, 2.45) is 0 Å². The molecule has 0 unspecified atom stereocenters. The molecule has 8 nitrogen and oxygen atoms in total. The predicted molar refractivity (Wildman–Crippen MR) is 95.0 cm³/mol. The molecule has 132 valence electrons. The molecule has 2 heterocycles. The summed E-state index contributed by atoms with van der Waals surface area (Å²) in [6, 6.07) is 10.4. The second-order valence-electron chi connectivity index (χ2n) is 5.60. The first-order chi connectivity index (χ1) is 12.0. The van der Waals surface area contributed by atoms with Gasteiger partial charge >= 0.3 is 0 Å². The van der Waals surface area contributed by atoms with Crippen molar-refractivity contribution in [2.45, 2.75) is 25.2 Å². The van der Waals surface area contributed by atoms with Crippen molar-refractivity contribution < 1.29 is 8.42 Å². The topological polar surface area (TPSA) is 101 Å². The molecule has 0 aliphatic carbocycles. The van der Waals surface area contributed by atoms with Gasteiger partial charge in [-0.05, 0) is 43.7 Å². The molecule has 2 N–H and O–H groups in total. The van der Waals surface area contributed by atoms with Crippen LogP contribution < -0.4 is 10.0 Å². The summed E-state index contributed by atoms with van der Waals surface area (Å²) in [5.74, 6) is 1.32. The molecule has 0 aliphatic heterocycles. The standard InChI is InChI=1S/C16H20N6O2S/c1-3-17-14-7-8-15-19-20-16(22(15)21-14)9-10-18-25(23,24)13-6-4-5-12(2)11-13/h4-8,11,18H,3,9-10H2,1-2H3,(H,17,21). The fourth-order valence-corrected chi connectivity index (χ4v) is 3.56. The van der Waals surface area contributed by atoms with Crippen LogP contribution in [0.3, 0.4) is 0 Å². The van der Waals surface area contributed by atoms with E-state index in [0.717, 1.165) is 17.9 Å². The molecule has 0 bridgehead atoms. The molecule has 0 aliphatic rings. The summed E-state index contributed by atoms with van der Waals surface area (Å²) < 4.78 is 28.9. The van der Waals surface area contributed by atoms with Crippen LogP contribution in [0.4, 0.5) is 5.82 Å². The summed E-state index contributed by atoms with van der Waals surface area (Å²) in [6.07, 6.45) is 0.384. The van der Waals surface area contributed by atoms with Crippen LogP contribution in [0.25, 0.3) is 5.65 Å². The van der Waals surface area contributed by atoms with Gasteiger partial charge in [0.2, 0.25) is 10.0 Å². The third kappa shape index (κ3) is 3.94. The second-order valence-corrected chi connectivity index (χ2v) is 7.37. The zero-order valence-corrected chi connectivity index (χ0v) is 14.9. The summed E-state index contributed by atoms with van der Waals surface area (Å²) in [5, 5.41) is 15.7. The number of aromatic nitrogens is 4. The maximum absolute atomic E-state index is 12.3. The minimum absolute atomic E-state index is 0.212. The van der Waals surface area contributed by atoms with Crippen LogP contribution in [0.15, 0.2) is 41.3 Å². The monoisotopic (exact) mass is 360 g/mol. The number of hydrogen-bond donors (Lipinski definition) is 2. The molecule has 0 saturated carbocycles. The lowest BCUT2D eigenvalue weighted by Crippen LogP contribution is -2.26. The number of anilines is 1. The summed E-state index contributed by atoms with van der Waals surface area (Å²) in [7, 11) is -3.55. The van der Waals surface area contributed by atoms with Crippen molar-refractivity contribution in [3.05, 3.63) is 47.8 Å². The Balaban J connectivity index is 1.71. The number of benzene rings is 1. The van der Waals surface area contributed by atoms with Gasteiger partial charge in [-0.1, -0.05) is 12.1 Å². The molecular formula is C16H20N6O2S. The van der Waals surface area contributed by atoms with Crippen LogP contribution in [-0.2, 0) is 16.4 Å². The number of nitrogens with one attached hydrogen (secondary N) is 2. The molecule has 0 amide bonds. The van der Waals surface area contributed by atoms with Gasteiger partial charge < -0.3 is 5.32 Å². The Morgan fingerprint density at radius 3 is 2.76 bits per heavy atom. The van der Waals surface area contributed by atoms with Crippen LogP contribution in [0.2, 0.25) is 0 Å². The highest BCUT2D eigenvalue weighted by Crippen LogP contribution is 2.11. The maximum Gasteiger partial charge on any atom is 0.240 e. The Bertz CT molecular complexity index is 983. The number of rotatable bonds is 7. The van der Waals surface area contributed by atoms with E-state index in [1.807, 2.05) is 32.0 Å². The van der Waals surface area contributed by atoms with E-state index in [9.17, 15) is 8.42 Å². The largest absolute Gasteiger partial charge is 0.369 e. The fraction of sp³-hybridized carbons (Fsp3) is 0.312. The molecule has 3 rings (SSSR count). The Morgan fingerprint density at radius 1 is 1.16 bits per heavy atom. The van der Waals surface area contributed by atoms with E-state index in [1.54, 1.807) is 22.7 Å². The first kappa shape index (κ1) is 17.3. The number of hydrogen-bond acceptors (Lipinski definition) is 6. The Kier molecular flexibility index (Phi) is 4.95. The van der Waals surface area contributed by atoms with Gasteiger partial charge in [0.1, 0.15) is 5.82 Å². The first-order valence-electron chi connectivity index (χ1n) is 8.01. The second kappa shape index (κ2) is 7.16. The molecule has 25 heavy (non-hydrogen) atoms. The van der Waals surface area contributed by atoms with E-state index in [-0.39, 0.29) is 11.4 Å². The lowest BCUT2D eigenvalue weighted by Gasteiger charge is -2.07. The molecule has 0 radical (unpaired) electrons. The van der Waals surface area contributed by atoms with E-state index in [1.165, 1.54) is 0 Å². The van der Waals surface area contributed by atoms with Gasteiger partial charge in [0.25, 0.3) is 0 Å². The van der Waals surface area contributed by atoms with Gasteiger partial charge in [0, 0.05) is 19.5 Å². The highest BCUT2D eigenvalue weighted by molar-refractivity contribution is 7.89. The molecule has 0 spiro atoms. The lowest BCUT2D eigenvalue weighted by molar-refractivity contribution is 0.580. The SMILES string of the molecule is CCNc1ccc2nnc(CCNS(=O)(=O)c3cccc(C)c3)n2n1. The first-order valence-corrected chi connectivity index (χ1v) is 9.49. The normalized spacial score (nSPS) is 11.8. The van der Waals surface area contributed by atoms with E-state index < -0.39 is 10.0 Å². The molecular weight excluding hydrogens is 340 g/mol. The molecule has 0 fully saturated rings. The summed E-state index contributed by atoms with van der Waals surface area (Å²) in [4.78, 5) is 0.256. The minimum atomic E-state index is -3.55. The van der Waals surface area contributed by atoms with Crippen LogP contribution in [0.1, 0.15) is 18.3 Å². The highest BCUT2D eigenvalue weighted by Gasteiger charge is 2.14. The Hall–Kier alpha value is -2.52. The van der Waals surface area contributed by atoms with Crippen molar-refractivity contribution >= 4 is 21.5 Å². The third-order valence-electron chi connectivity index (χ3n) is 3.63. The van der Waals surface area contributed by atoms with Crippen LogP contribution >= 0.6 is 0 Å². The van der Waals surface area contributed by atoms with Crippen molar-refractivity contribution in [1.29, 1.82) is 0 Å². The summed E-state index contributed by atoms with van der Waals surface area (Å²) in [6.45, 7) is 4.81. The predicted octanol–water partition coefficient (Wildman–Crippen LogP) is 1.39. The summed E-state index contributed by atoms with van der Waals surface area (Å²) in [5.41, 5.74) is 1.52. The van der Waals surface area contributed by atoms with Crippen molar-refractivity contribution in [3.63, 3.8) is 0 Å². The smallest absolute Gasteiger partial charge is 0.240 e. The van der Waals surface area contributed by atoms with Gasteiger partial charge in [0.05, 0.1) is 4.90 Å². The van der Waals surface area contributed by atoms with Gasteiger partial charge in [-0.25, -0.2) is 13.1 Å². The molecule has 1 aromatic carbocycles. The highest BCUT2D eigenvalue weighted by atomic mass is 32.2. The minimum Gasteiger partial charge on any atom is -0.369 e. The zero-order chi connectivity index (χ0) is 17.9. The Morgan fingerprint density at radius 2 is 2.00 bits per heavy atom. The van der Waals surface area contributed by atoms with Crippen molar-refractivity contribution in [1.82, 2.24) is 24.5 Å². The van der Waals surface area contributed by atoms with E-state index in [0.29, 0.717) is 17.9 Å². The van der Waals surface area contributed by atoms with Crippen LogP contribution in [0.5, 0.6) is 0 Å². The molecule has 9 heteroatoms. The fourth-order valence-electron chi connectivity index (χ4n) is 2.43. The summed E-state index contributed by atoms with van der Waals surface area (Å²) >= 11 is 0. The van der Waals surface area contributed by atoms with E-state index in [4.69, 9.17) is 0 Å². The van der Waals surface area contributed by atoms with Gasteiger partial charge in [-0.2, -0.15) is 4.52 Å². The van der Waals surface area contributed by atoms with Crippen molar-refractivity contribution in [2.75, 3.05) is 18.4 Å². The van der Waals surface area contributed by atoms with Crippen LogP contribution in [-0.4, -0.2) is 41.3 Å². The lowest BCUT2D eigenvalue weighted by atomic mass is 10.2. The molecule has 2 aromatic heterocycles. The maximum atomic E-state index is 12.3. The molecule has 3 aromatic rings. The average molecular weight is 360 g/mol. The molecule has 0 atom stereocenters. The zero-order valence-electron chi connectivity index (χ0n) is 14.1. The van der Waals surface area contributed by atoms with Gasteiger partial charge in [0.15, 0.2) is 11.5 Å². The van der Waals surface area contributed by atoms with E-state index in [2.05, 4.69) is 25.3 Å². The van der Waals surface area contributed by atoms with Crippen LogP contribution in [0, 0.1) is 6.92 Å². The number of sulfonamides is 1. The van der Waals surface area contributed by atoms with Gasteiger partial charge in [-0.15, -0.1) is 15.3 Å².